The van der Waals surface area contributed by atoms with E-state index in [2.05, 4.69) is 53.8 Å². The van der Waals surface area contributed by atoms with E-state index in [-0.39, 0.29) is 5.91 Å². The van der Waals surface area contributed by atoms with Crippen LogP contribution in [0.1, 0.15) is 26.5 Å². The minimum atomic E-state index is 0.0734. The summed E-state index contributed by atoms with van der Waals surface area (Å²) in [4.78, 5) is 14.5. The van der Waals surface area contributed by atoms with Crippen LogP contribution in [0.4, 0.5) is 0 Å². The second-order valence-corrected chi connectivity index (χ2v) is 6.00. The van der Waals surface area contributed by atoms with Crippen molar-refractivity contribution in [2.24, 2.45) is 0 Å². The Hall–Kier alpha value is -1.81. The summed E-state index contributed by atoms with van der Waals surface area (Å²) < 4.78 is 2.07. The van der Waals surface area contributed by atoms with Crippen molar-refractivity contribution in [3.8, 4) is 0 Å². The largest absolute Gasteiger partial charge is 0.353 e. The number of aromatic nitrogens is 1. The number of rotatable bonds is 7. The van der Waals surface area contributed by atoms with Crippen molar-refractivity contribution in [2.75, 3.05) is 19.6 Å². The number of hydrogen-bond acceptors (Lipinski definition) is 2. The van der Waals surface area contributed by atoms with Crippen LogP contribution in [0, 0.1) is 6.92 Å². The third-order valence-corrected chi connectivity index (χ3v) is 4.18. The third kappa shape index (κ3) is 3.89. The minimum absolute atomic E-state index is 0.0734. The van der Waals surface area contributed by atoms with Gasteiger partial charge in [0.05, 0.1) is 0 Å². The molecular weight excluding hydrogens is 274 g/mol. The van der Waals surface area contributed by atoms with E-state index in [4.69, 9.17) is 0 Å². The number of hydrogen-bond donors (Lipinski definition) is 1. The Morgan fingerprint density at radius 2 is 2.05 bits per heavy atom. The molecule has 0 saturated carbocycles. The van der Waals surface area contributed by atoms with Crippen molar-refractivity contribution in [3.63, 3.8) is 0 Å². The minimum Gasteiger partial charge on any atom is -0.353 e. The maximum Gasteiger partial charge on any atom is 0.239 e. The average molecular weight is 301 g/mol. The maximum absolute atomic E-state index is 12.2. The standard InChI is InChI=1S/C18H27N3O/c1-5-20(14(2)3)11-10-19-18(22)13-21-15(4)12-16-8-6-7-9-17(16)21/h6-9,12,14H,5,10-11,13H2,1-4H3,(H,19,22). The van der Waals surface area contributed by atoms with E-state index in [0.717, 1.165) is 24.3 Å². The fraction of sp³-hybridized carbons (Fsp3) is 0.500. The van der Waals surface area contributed by atoms with Crippen molar-refractivity contribution in [2.45, 2.75) is 40.3 Å². The molecule has 120 valence electrons. The molecule has 0 spiro atoms. The summed E-state index contributed by atoms with van der Waals surface area (Å²) in [5, 5.41) is 4.22. The third-order valence-electron chi connectivity index (χ3n) is 4.18. The van der Waals surface area contributed by atoms with E-state index in [1.165, 1.54) is 5.39 Å². The van der Waals surface area contributed by atoms with Crippen LogP contribution in [-0.2, 0) is 11.3 Å². The van der Waals surface area contributed by atoms with E-state index in [1.54, 1.807) is 0 Å². The van der Waals surface area contributed by atoms with E-state index in [0.29, 0.717) is 19.1 Å². The molecule has 0 unspecified atom stereocenters. The Bertz CT molecular complexity index is 630. The van der Waals surface area contributed by atoms with Gasteiger partial charge in [-0.05, 0) is 44.8 Å². The predicted molar refractivity (Wildman–Crippen MR) is 92.1 cm³/mol. The molecule has 0 aliphatic carbocycles. The van der Waals surface area contributed by atoms with Crippen LogP contribution < -0.4 is 5.32 Å². The number of fused-ring (bicyclic) bond motifs is 1. The second-order valence-electron chi connectivity index (χ2n) is 6.00. The van der Waals surface area contributed by atoms with Crippen LogP contribution in [0.15, 0.2) is 30.3 Å². The fourth-order valence-electron chi connectivity index (χ4n) is 2.88. The number of carbonyl (C=O) groups is 1. The lowest BCUT2D eigenvalue weighted by molar-refractivity contribution is -0.121. The molecule has 0 fully saturated rings. The summed E-state index contributed by atoms with van der Waals surface area (Å²) in [6, 6.07) is 10.8. The number of aryl methyl sites for hydroxylation is 1. The van der Waals surface area contributed by atoms with Crippen LogP contribution in [-0.4, -0.2) is 41.1 Å². The zero-order valence-corrected chi connectivity index (χ0v) is 14.1. The van der Waals surface area contributed by atoms with Crippen LogP contribution in [0.3, 0.4) is 0 Å². The Labute approximate surface area is 133 Å². The van der Waals surface area contributed by atoms with Crippen LogP contribution in [0.2, 0.25) is 0 Å². The van der Waals surface area contributed by atoms with Gasteiger partial charge in [-0.25, -0.2) is 0 Å². The van der Waals surface area contributed by atoms with Crippen molar-refractivity contribution in [1.29, 1.82) is 0 Å². The van der Waals surface area contributed by atoms with Gasteiger partial charge in [0, 0.05) is 30.3 Å². The van der Waals surface area contributed by atoms with Gasteiger partial charge < -0.3 is 9.88 Å². The lowest BCUT2D eigenvalue weighted by atomic mass is 10.2. The molecule has 0 aliphatic rings. The average Bonchev–Trinajstić information content (AvgIpc) is 2.79. The Morgan fingerprint density at radius 3 is 2.73 bits per heavy atom. The zero-order chi connectivity index (χ0) is 16.1. The highest BCUT2D eigenvalue weighted by atomic mass is 16.1. The zero-order valence-electron chi connectivity index (χ0n) is 14.1. The number of carbonyl (C=O) groups excluding carboxylic acids is 1. The first kappa shape index (κ1) is 16.6. The first-order valence-electron chi connectivity index (χ1n) is 8.08. The smallest absolute Gasteiger partial charge is 0.239 e. The van der Waals surface area contributed by atoms with Gasteiger partial charge >= 0.3 is 0 Å². The second kappa shape index (κ2) is 7.45. The highest BCUT2D eigenvalue weighted by Crippen LogP contribution is 2.18. The summed E-state index contributed by atoms with van der Waals surface area (Å²) in [6.07, 6.45) is 0. The normalized spacial score (nSPS) is 11.5. The molecule has 0 bridgehead atoms. The number of likely N-dealkylation sites (N-methyl/N-ethyl adjacent to an activating group) is 1. The molecular formula is C18H27N3O. The molecule has 4 heteroatoms. The number of benzene rings is 1. The van der Waals surface area contributed by atoms with Crippen molar-refractivity contribution < 1.29 is 4.79 Å². The fourth-order valence-corrected chi connectivity index (χ4v) is 2.88. The number of para-hydroxylation sites is 1. The molecule has 2 rings (SSSR count). The number of nitrogens with zero attached hydrogens (tertiary/aromatic N) is 2. The van der Waals surface area contributed by atoms with Crippen molar-refractivity contribution in [1.82, 2.24) is 14.8 Å². The summed E-state index contributed by atoms with van der Waals surface area (Å²) in [7, 11) is 0. The van der Waals surface area contributed by atoms with Gasteiger partial charge in [-0.1, -0.05) is 25.1 Å². The maximum atomic E-state index is 12.2. The van der Waals surface area contributed by atoms with Crippen molar-refractivity contribution >= 4 is 16.8 Å². The molecule has 22 heavy (non-hydrogen) atoms. The lowest BCUT2D eigenvalue weighted by Crippen LogP contribution is -2.39. The molecule has 1 heterocycles. The van der Waals surface area contributed by atoms with E-state index >= 15 is 0 Å². The van der Waals surface area contributed by atoms with Gasteiger partial charge in [0.25, 0.3) is 0 Å². The molecule has 0 radical (unpaired) electrons. The van der Waals surface area contributed by atoms with Crippen LogP contribution in [0.5, 0.6) is 0 Å². The van der Waals surface area contributed by atoms with E-state index < -0.39 is 0 Å². The Balaban J connectivity index is 1.93. The van der Waals surface area contributed by atoms with Gasteiger partial charge in [-0.2, -0.15) is 0 Å². The van der Waals surface area contributed by atoms with E-state index in [1.807, 2.05) is 19.1 Å². The van der Waals surface area contributed by atoms with Crippen LogP contribution >= 0.6 is 0 Å². The molecule has 1 aromatic carbocycles. The predicted octanol–water partition coefficient (Wildman–Crippen LogP) is 2.80. The molecule has 4 nitrogen and oxygen atoms in total. The molecule has 0 saturated heterocycles. The van der Waals surface area contributed by atoms with E-state index in [9.17, 15) is 4.79 Å². The number of nitrogens with one attached hydrogen (secondary N) is 1. The summed E-state index contributed by atoms with van der Waals surface area (Å²) in [5.41, 5.74) is 2.24. The highest BCUT2D eigenvalue weighted by molar-refractivity contribution is 5.84. The van der Waals surface area contributed by atoms with Gasteiger partial charge in [0.1, 0.15) is 6.54 Å². The molecule has 0 aliphatic heterocycles. The molecule has 0 atom stereocenters. The highest BCUT2D eigenvalue weighted by Gasteiger charge is 2.10. The van der Waals surface area contributed by atoms with Crippen molar-refractivity contribution in [3.05, 3.63) is 36.0 Å². The first-order chi connectivity index (χ1) is 10.5. The van der Waals surface area contributed by atoms with Crippen LogP contribution in [0.25, 0.3) is 10.9 Å². The topological polar surface area (TPSA) is 37.3 Å². The molecule has 1 amide bonds. The quantitative estimate of drug-likeness (QED) is 0.854. The summed E-state index contributed by atoms with van der Waals surface area (Å²) in [5.74, 6) is 0.0734. The van der Waals surface area contributed by atoms with Gasteiger partial charge in [0.15, 0.2) is 0 Å². The molecule has 1 aromatic heterocycles. The number of amides is 1. The lowest BCUT2D eigenvalue weighted by Gasteiger charge is -2.24. The van der Waals surface area contributed by atoms with Gasteiger partial charge in [0.2, 0.25) is 5.91 Å². The SMILES string of the molecule is CCN(CCNC(=O)Cn1c(C)cc2ccccc21)C(C)C. The summed E-state index contributed by atoms with van der Waals surface area (Å²) in [6.45, 7) is 11.5. The Morgan fingerprint density at radius 1 is 1.32 bits per heavy atom. The Kier molecular flexibility index (Phi) is 5.61. The molecule has 1 N–H and O–H groups in total. The van der Waals surface area contributed by atoms with Gasteiger partial charge in [-0.15, -0.1) is 0 Å². The summed E-state index contributed by atoms with van der Waals surface area (Å²) >= 11 is 0. The monoisotopic (exact) mass is 301 g/mol. The van der Waals surface area contributed by atoms with Gasteiger partial charge in [-0.3, -0.25) is 9.69 Å². The first-order valence-corrected chi connectivity index (χ1v) is 8.08. The molecule has 2 aromatic rings.